The normalized spacial score (nSPS) is 11.3. The van der Waals surface area contributed by atoms with E-state index >= 15 is 0 Å². The van der Waals surface area contributed by atoms with Crippen LogP contribution in [0.1, 0.15) is 31.3 Å². The first-order valence-corrected chi connectivity index (χ1v) is 7.27. The van der Waals surface area contributed by atoms with Gasteiger partial charge in [0, 0.05) is 18.7 Å². The standard InChI is InChI=1S/C17H20N2O4/c1-17(2,3)18-15(21)10-19(4)16(22)14-9-12(20)11-7-5-6-8-13(11)23-14/h5-9H,10H2,1-4H3,(H,18,21). The minimum atomic E-state index is -0.517. The summed E-state index contributed by atoms with van der Waals surface area (Å²) in [5.74, 6) is -0.881. The summed E-state index contributed by atoms with van der Waals surface area (Å²) in [5.41, 5.74) is -0.324. The summed E-state index contributed by atoms with van der Waals surface area (Å²) in [6, 6.07) is 7.86. The van der Waals surface area contributed by atoms with E-state index in [1.807, 2.05) is 20.8 Å². The van der Waals surface area contributed by atoms with E-state index in [0.29, 0.717) is 11.0 Å². The Morgan fingerprint density at radius 2 is 1.87 bits per heavy atom. The fourth-order valence-electron chi connectivity index (χ4n) is 2.14. The summed E-state index contributed by atoms with van der Waals surface area (Å²) in [5, 5.41) is 3.19. The van der Waals surface area contributed by atoms with Gasteiger partial charge in [-0.15, -0.1) is 0 Å². The van der Waals surface area contributed by atoms with E-state index in [9.17, 15) is 14.4 Å². The molecule has 6 nitrogen and oxygen atoms in total. The maximum absolute atomic E-state index is 12.4. The Kier molecular flexibility index (Phi) is 4.54. The van der Waals surface area contributed by atoms with E-state index in [2.05, 4.69) is 5.32 Å². The lowest BCUT2D eigenvalue weighted by atomic mass is 10.1. The summed E-state index contributed by atoms with van der Waals surface area (Å²) in [6.45, 7) is 5.45. The number of nitrogens with one attached hydrogen (secondary N) is 1. The van der Waals surface area contributed by atoms with E-state index in [1.165, 1.54) is 11.9 Å². The van der Waals surface area contributed by atoms with Crippen molar-refractivity contribution in [3.05, 3.63) is 46.3 Å². The van der Waals surface area contributed by atoms with Crippen molar-refractivity contribution in [2.24, 2.45) is 0 Å². The number of para-hydroxylation sites is 1. The first-order chi connectivity index (χ1) is 10.7. The highest BCUT2D eigenvalue weighted by Gasteiger charge is 2.21. The molecule has 1 N–H and O–H groups in total. The van der Waals surface area contributed by atoms with Crippen molar-refractivity contribution in [1.29, 1.82) is 0 Å². The van der Waals surface area contributed by atoms with Crippen LogP contribution in [0.5, 0.6) is 0 Å². The summed E-state index contributed by atoms with van der Waals surface area (Å²) in [7, 11) is 1.49. The molecule has 6 heteroatoms. The Bertz CT molecular complexity index is 802. The first-order valence-electron chi connectivity index (χ1n) is 7.27. The van der Waals surface area contributed by atoms with Gasteiger partial charge in [0.2, 0.25) is 5.91 Å². The van der Waals surface area contributed by atoms with Crippen LogP contribution in [0.4, 0.5) is 0 Å². The molecule has 2 aromatic rings. The second-order valence-corrected chi connectivity index (χ2v) is 6.43. The maximum atomic E-state index is 12.4. The molecule has 1 heterocycles. The van der Waals surface area contributed by atoms with Crippen LogP contribution in [-0.4, -0.2) is 35.8 Å². The summed E-state index contributed by atoms with van der Waals surface area (Å²) in [4.78, 5) is 37.5. The van der Waals surface area contributed by atoms with Crippen LogP contribution in [0.15, 0.2) is 39.5 Å². The average Bonchev–Trinajstić information content (AvgIpc) is 2.44. The van der Waals surface area contributed by atoms with Gasteiger partial charge in [-0.1, -0.05) is 12.1 Å². The minimum Gasteiger partial charge on any atom is -0.451 e. The number of amides is 2. The second-order valence-electron chi connectivity index (χ2n) is 6.43. The zero-order valence-corrected chi connectivity index (χ0v) is 13.7. The lowest BCUT2D eigenvalue weighted by Crippen LogP contribution is -2.46. The quantitative estimate of drug-likeness (QED) is 0.936. The molecule has 0 aliphatic rings. The number of benzene rings is 1. The third kappa shape index (κ3) is 4.18. The number of hydrogen-bond donors (Lipinski definition) is 1. The minimum absolute atomic E-state index is 0.0836. The molecule has 23 heavy (non-hydrogen) atoms. The van der Waals surface area contributed by atoms with Gasteiger partial charge in [-0.2, -0.15) is 0 Å². The second kappa shape index (κ2) is 6.24. The number of carbonyl (C=O) groups excluding carboxylic acids is 2. The number of nitrogens with zero attached hydrogens (tertiary/aromatic N) is 1. The third-order valence-electron chi connectivity index (χ3n) is 3.09. The van der Waals surface area contributed by atoms with Crippen LogP contribution in [-0.2, 0) is 4.79 Å². The van der Waals surface area contributed by atoms with Crippen LogP contribution < -0.4 is 10.7 Å². The van der Waals surface area contributed by atoms with E-state index in [1.54, 1.807) is 24.3 Å². The van der Waals surface area contributed by atoms with Crippen LogP contribution in [0, 0.1) is 0 Å². The monoisotopic (exact) mass is 316 g/mol. The molecule has 122 valence electrons. The molecule has 0 bridgehead atoms. The molecule has 0 saturated carbocycles. The molecule has 1 aromatic carbocycles. The zero-order valence-electron chi connectivity index (χ0n) is 13.7. The van der Waals surface area contributed by atoms with Gasteiger partial charge in [-0.3, -0.25) is 14.4 Å². The molecule has 0 unspecified atom stereocenters. The van der Waals surface area contributed by atoms with Crippen LogP contribution in [0.3, 0.4) is 0 Å². The van der Waals surface area contributed by atoms with Gasteiger partial charge in [0.25, 0.3) is 5.91 Å². The van der Waals surface area contributed by atoms with Crippen molar-refractivity contribution in [1.82, 2.24) is 10.2 Å². The fraction of sp³-hybridized carbons (Fsp3) is 0.353. The Labute approximate surface area is 134 Å². The predicted molar refractivity (Wildman–Crippen MR) is 87.3 cm³/mol. The van der Waals surface area contributed by atoms with Crippen molar-refractivity contribution in [3.63, 3.8) is 0 Å². The summed E-state index contributed by atoms with van der Waals surface area (Å²) >= 11 is 0. The molecular formula is C17H20N2O4. The topological polar surface area (TPSA) is 79.6 Å². The van der Waals surface area contributed by atoms with E-state index in [4.69, 9.17) is 4.42 Å². The van der Waals surface area contributed by atoms with Crippen LogP contribution in [0.2, 0.25) is 0 Å². The van der Waals surface area contributed by atoms with Gasteiger partial charge in [-0.25, -0.2) is 0 Å². The molecule has 0 aliphatic heterocycles. The Morgan fingerprint density at radius 3 is 2.52 bits per heavy atom. The van der Waals surface area contributed by atoms with Crippen molar-refractivity contribution in [2.45, 2.75) is 26.3 Å². The van der Waals surface area contributed by atoms with Gasteiger partial charge >= 0.3 is 0 Å². The summed E-state index contributed by atoms with van der Waals surface area (Å²) < 4.78 is 5.49. The lowest BCUT2D eigenvalue weighted by Gasteiger charge is -2.23. The third-order valence-corrected chi connectivity index (χ3v) is 3.09. The highest BCUT2D eigenvalue weighted by Crippen LogP contribution is 2.13. The lowest BCUT2D eigenvalue weighted by molar-refractivity contribution is -0.122. The van der Waals surface area contributed by atoms with E-state index in [0.717, 1.165) is 6.07 Å². The predicted octanol–water partition coefficient (Wildman–Crippen LogP) is 1.78. The molecule has 0 fully saturated rings. The van der Waals surface area contributed by atoms with Crippen molar-refractivity contribution < 1.29 is 14.0 Å². The van der Waals surface area contributed by atoms with Gasteiger partial charge in [-0.05, 0) is 32.9 Å². The largest absolute Gasteiger partial charge is 0.451 e. The van der Waals surface area contributed by atoms with Crippen LogP contribution in [0.25, 0.3) is 11.0 Å². The van der Waals surface area contributed by atoms with E-state index in [-0.39, 0.29) is 29.2 Å². The van der Waals surface area contributed by atoms with Crippen molar-refractivity contribution >= 4 is 22.8 Å². The Hall–Kier alpha value is -2.63. The molecule has 0 atom stereocenters. The molecule has 1 aromatic heterocycles. The van der Waals surface area contributed by atoms with Crippen molar-refractivity contribution in [2.75, 3.05) is 13.6 Å². The van der Waals surface area contributed by atoms with Gasteiger partial charge in [0.15, 0.2) is 11.2 Å². The first kappa shape index (κ1) is 16.7. The smallest absolute Gasteiger partial charge is 0.289 e. The average molecular weight is 316 g/mol. The number of rotatable bonds is 3. The van der Waals surface area contributed by atoms with Gasteiger partial charge in [0.1, 0.15) is 5.58 Å². The summed E-state index contributed by atoms with van der Waals surface area (Å²) in [6.07, 6.45) is 0. The molecule has 2 rings (SSSR count). The SMILES string of the molecule is CN(CC(=O)NC(C)(C)C)C(=O)c1cc(=O)c2ccccc2o1. The van der Waals surface area contributed by atoms with Crippen LogP contribution >= 0.6 is 0 Å². The maximum Gasteiger partial charge on any atom is 0.289 e. The van der Waals surface area contributed by atoms with Gasteiger partial charge in [0.05, 0.1) is 11.9 Å². The number of carbonyl (C=O) groups is 2. The number of hydrogen-bond acceptors (Lipinski definition) is 4. The zero-order chi connectivity index (χ0) is 17.2. The number of likely N-dealkylation sites (N-methyl/N-ethyl adjacent to an activating group) is 1. The number of fused-ring (bicyclic) bond motifs is 1. The highest BCUT2D eigenvalue weighted by atomic mass is 16.3. The van der Waals surface area contributed by atoms with Crippen molar-refractivity contribution in [3.8, 4) is 0 Å². The Balaban J connectivity index is 2.20. The molecule has 0 aliphatic carbocycles. The molecule has 2 amide bonds. The fourth-order valence-corrected chi connectivity index (χ4v) is 2.14. The highest BCUT2D eigenvalue weighted by molar-refractivity contribution is 5.95. The van der Waals surface area contributed by atoms with E-state index < -0.39 is 5.91 Å². The molecule has 0 saturated heterocycles. The van der Waals surface area contributed by atoms with Gasteiger partial charge < -0.3 is 14.6 Å². The Morgan fingerprint density at radius 1 is 1.22 bits per heavy atom. The molecule has 0 spiro atoms. The molecular weight excluding hydrogens is 296 g/mol. The molecule has 0 radical (unpaired) electrons.